The molecule has 0 aromatic heterocycles. The van der Waals surface area contributed by atoms with Crippen LogP contribution in [0.2, 0.25) is 0 Å². The van der Waals surface area contributed by atoms with Gasteiger partial charge in [-0.2, -0.15) is 0 Å². The van der Waals surface area contributed by atoms with Gasteiger partial charge in [0.25, 0.3) is 0 Å². The Morgan fingerprint density at radius 1 is 1.21 bits per heavy atom. The van der Waals surface area contributed by atoms with Crippen LogP contribution >= 0.6 is 0 Å². The highest BCUT2D eigenvalue weighted by Gasteiger charge is 2.31. The second-order valence-corrected chi connectivity index (χ2v) is 7.95. The summed E-state index contributed by atoms with van der Waals surface area (Å²) in [7, 11) is 0. The number of hydrogen-bond donors (Lipinski definition) is 2. The maximum Gasteiger partial charge on any atom is 0.191 e. The van der Waals surface area contributed by atoms with Crippen molar-refractivity contribution in [3.05, 3.63) is 0 Å². The van der Waals surface area contributed by atoms with Crippen LogP contribution in [0.15, 0.2) is 4.99 Å². The third-order valence-electron chi connectivity index (χ3n) is 5.45. The summed E-state index contributed by atoms with van der Waals surface area (Å²) in [6, 6.07) is 1.13. The fourth-order valence-electron chi connectivity index (χ4n) is 3.91. The van der Waals surface area contributed by atoms with Crippen LogP contribution in [0.3, 0.4) is 0 Å². The average molecular weight is 338 g/mol. The van der Waals surface area contributed by atoms with Crippen LogP contribution in [-0.4, -0.2) is 73.7 Å². The molecule has 2 heterocycles. The topological polar surface area (TPSA) is 42.9 Å². The molecule has 3 atom stereocenters. The Labute approximate surface area is 149 Å². The molecule has 0 amide bonds. The van der Waals surface area contributed by atoms with Crippen molar-refractivity contribution in [1.82, 2.24) is 20.4 Å². The van der Waals surface area contributed by atoms with Gasteiger partial charge >= 0.3 is 0 Å². The Kier molecular flexibility index (Phi) is 7.82. The van der Waals surface area contributed by atoms with E-state index < -0.39 is 0 Å². The fraction of sp³-hybridized carbons (Fsp3) is 0.947. The fourth-order valence-corrected chi connectivity index (χ4v) is 3.91. The van der Waals surface area contributed by atoms with Crippen molar-refractivity contribution >= 4 is 5.96 Å². The number of likely N-dealkylation sites (tertiary alicyclic amines) is 2. The van der Waals surface area contributed by atoms with Crippen molar-refractivity contribution in [2.75, 3.05) is 45.8 Å². The van der Waals surface area contributed by atoms with Gasteiger partial charge in [0.15, 0.2) is 5.96 Å². The summed E-state index contributed by atoms with van der Waals surface area (Å²) in [4.78, 5) is 10.1. The molecular formula is C19H39N5. The molecule has 5 heteroatoms. The molecule has 2 saturated heterocycles. The standard InChI is InChI=1S/C19H39N5/c1-6-9-23-10-8-17(13-23)11-21-19(20-7-2)22-18-14-24(15(3)4)12-16(18)5/h15-18H,6-14H2,1-5H3,(H2,20,21,22). The van der Waals surface area contributed by atoms with Crippen molar-refractivity contribution in [2.24, 2.45) is 16.8 Å². The van der Waals surface area contributed by atoms with Crippen molar-refractivity contribution in [2.45, 2.75) is 59.5 Å². The summed E-state index contributed by atoms with van der Waals surface area (Å²) in [5, 5.41) is 7.14. The minimum Gasteiger partial charge on any atom is -0.357 e. The van der Waals surface area contributed by atoms with Crippen LogP contribution in [0.25, 0.3) is 0 Å². The zero-order valence-corrected chi connectivity index (χ0v) is 16.5. The lowest BCUT2D eigenvalue weighted by molar-refractivity contribution is 0.265. The molecule has 0 saturated carbocycles. The summed E-state index contributed by atoms with van der Waals surface area (Å²) in [5.74, 6) is 2.40. The minimum absolute atomic E-state index is 0.505. The first kappa shape index (κ1) is 19.5. The zero-order chi connectivity index (χ0) is 17.5. The SMILES string of the molecule is CCCN1CCC(CN=C(NCC)NC2CN(C(C)C)CC2C)C1. The van der Waals surface area contributed by atoms with Crippen LogP contribution in [0.5, 0.6) is 0 Å². The van der Waals surface area contributed by atoms with Gasteiger partial charge in [-0.15, -0.1) is 0 Å². The van der Waals surface area contributed by atoms with Crippen molar-refractivity contribution in [1.29, 1.82) is 0 Å². The maximum atomic E-state index is 4.91. The molecule has 0 bridgehead atoms. The molecule has 2 aliphatic heterocycles. The van der Waals surface area contributed by atoms with E-state index in [4.69, 9.17) is 4.99 Å². The monoisotopic (exact) mass is 337 g/mol. The quantitative estimate of drug-likeness (QED) is 0.551. The third-order valence-corrected chi connectivity index (χ3v) is 5.45. The second kappa shape index (κ2) is 9.62. The van der Waals surface area contributed by atoms with Crippen molar-refractivity contribution in [3.63, 3.8) is 0 Å². The summed E-state index contributed by atoms with van der Waals surface area (Å²) in [6.07, 6.45) is 2.55. The van der Waals surface area contributed by atoms with Gasteiger partial charge in [0, 0.05) is 44.8 Å². The van der Waals surface area contributed by atoms with Gasteiger partial charge in [-0.25, -0.2) is 0 Å². The Morgan fingerprint density at radius 2 is 2.00 bits per heavy atom. The van der Waals surface area contributed by atoms with Gasteiger partial charge < -0.3 is 15.5 Å². The highest BCUT2D eigenvalue weighted by molar-refractivity contribution is 5.80. The Hall–Kier alpha value is -0.810. The van der Waals surface area contributed by atoms with E-state index in [-0.39, 0.29) is 0 Å². The molecule has 5 nitrogen and oxygen atoms in total. The van der Waals surface area contributed by atoms with Gasteiger partial charge in [-0.05, 0) is 58.5 Å². The van der Waals surface area contributed by atoms with E-state index in [0.29, 0.717) is 18.0 Å². The van der Waals surface area contributed by atoms with E-state index in [1.807, 2.05) is 0 Å². The Bertz CT molecular complexity index is 395. The van der Waals surface area contributed by atoms with E-state index in [0.717, 1.165) is 31.5 Å². The van der Waals surface area contributed by atoms with Gasteiger partial charge in [0.05, 0.1) is 0 Å². The normalized spacial score (nSPS) is 29.6. The summed E-state index contributed by atoms with van der Waals surface area (Å²) in [5.41, 5.74) is 0. The molecule has 0 aromatic rings. The second-order valence-electron chi connectivity index (χ2n) is 7.95. The number of hydrogen-bond acceptors (Lipinski definition) is 3. The van der Waals surface area contributed by atoms with E-state index in [9.17, 15) is 0 Å². The van der Waals surface area contributed by atoms with E-state index in [1.165, 1.54) is 39.0 Å². The molecule has 2 rings (SSSR count). The van der Waals surface area contributed by atoms with Crippen LogP contribution in [0, 0.1) is 11.8 Å². The Balaban J connectivity index is 1.85. The molecule has 2 aliphatic rings. The molecule has 140 valence electrons. The number of guanidine groups is 1. The molecule has 0 spiro atoms. The van der Waals surface area contributed by atoms with E-state index >= 15 is 0 Å². The first-order chi connectivity index (χ1) is 11.5. The summed E-state index contributed by atoms with van der Waals surface area (Å²) in [6.45, 7) is 19.2. The van der Waals surface area contributed by atoms with Crippen LogP contribution in [0.1, 0.15) is 47.5 Å². The van der Waals surface area contributed by atoms with Crippen molar-refractivity contribution in [3.8, 4) is 0 Å². The molecule has 3 unspecified atom stereocenters. The lowest BCUT2D eigenvalue weighted by Crippen LogP contribution is -2.47. The molecule has 2 N–H and O–H groups in total. The smallest absolute Gasteiger partial charge is 0.191 e. The van der Waals surface area contributed by atoms with Crippen LogP contribution in [0.4, 0.5) is 0 Å². The van der Waals surface area contributed by atoms with E-state index in [1.54, 1.807) is 0 Å². The highest BCUT2D eigenvalue weighted by Crippen LogP contribution is 2.19. The van der Waals surface area contributed by atoms with Crippen LogP contribution in [-0.2, 0) is 0 Å². The summed E-state index contributed by atoms with van der Waals surface area (Å²) < 4.78 is 0. The van der Waals surface area contributed by atoms with Crippen molar-refractivity contribution < 1.29 is 0 Å². The third kappa shape index (κ3) is 5.62. The predicted molar refractivity (Wildman–Crippen MR) is 104 cm³/mol. The number of nitrogens with one attached hydrogen (secondary N) is 2. The lowest BCUT2D eigenvalue weighted by atomic mass is 10.1. The zero-order valence-electron chi connectivity index (χ0n) is 16.5. The number of rotatable bonds is 7. The van der Waals surface area contributed by atoms with Gasteiger partial charge in [-0.3, -0.25) is 9.89 Å². The molecule has 24 heavy (non-hydrogen) atoms. The average Bonchev–Trinajstić information content (AvgIpc) is 3.13. The first-order valence-electron chi connectivity index (χ1n) is 10.0. The lowest BCUT2D eigenvalue weighted by Gasteiger charge is -2.22. The molecular weight excluding hydrogens is 298 g/mol. The van der Waals surface area contributed by atoms with Gasteiger partial charge in [0.2, 0.25) is 0 Å². The molecule has 0 radical (unpaired) electrons. The number of nitrogens with zero attached hydrogens (tertiary/aromatic N) is 3. The number of aliphatic imine (C=N–C) groups is 1. The largest absolute Gasteiger partial charge is 0.357 e. The molecule has 0 aliphatic carbocycles. The van der Waals surface area contributed by atoms with E-state index in [2.05, 4.69) is 55.1 Å². The molecule has 2 fully saturated rings. The van der Waals surface area contributed by atoms with Gasteiger partial charge in [0.1, 0.15) is 0 Å². The predicted octanol–water partition coefficient (Wildman–Crippen LogP) is 2.00. The Morgan fingerprint density at radius 3 is 2.62 bits per heavy atom. The highest BCUT2D eigenvalue weighted by atomic mass is 15.3. The van der Waals surface area contributed by atoms with Gasteiger partial charge in [-0.1, -0.05) is 13.8 Å². The maximum absolute atomic E-state index is 4.91. The minimum atomic E-state index is 0.505. The van der Waals surface area contributed by atoms with Crippen LogP contribution < -0.4 is 10.6 Å². The first-order valence-corrected chi connectivity index (χ1v) is 10.0. The molecule has 0 aromatic carbocycles. The summed E-state index contributed by atoms with van der Waals surface area (Å²) >= 11 is 0.